The summed E-state index contributed by atoms with van der Waals surface area (Å²) in [5.41, 5.74) is 9.84. The Hall–Kier alpha value is -3.88. The summed E-state index contributed by atoms with van der Waals surface area (Å²) in [5.74, 6) is -0.108. The number of hydrogen-bond donors (Lipinski definition) is 2. The zero-order chi connectivity index (χ0) is 22.8. The molecule has 0 saturated carbocycles. The molecule has 8 heteroatoms. The number of aromatic hydroxyl groups is 1. The normalized spacial score (nSPS) is 15.5. The Balaban J connectivity index is 1.52. The maximum atomic E-state index is 13.6. The lowest BCUT2D eigenvalue weighted by atomic mass is 9.99. The minimum Gasteiger partial charge on any atom is -0.508 e. The Bertz CT molecular complexity index is 1340. The number of nitrogens with zero attached hydrogens (tertiary/aromatic N) is 4. The van der Waals surface area contributed by atoms with E-state index in [0.29, 0.717) is 34.8 Å². The molecule has 0 fully saturated rings. The highest BCUT2D eigenvalue weighted by Gasteiger charge is 2.36. The van der Waals surface area contributed by atoms with Gasteiger partial charge in [0.05, 0.1) is 22.8 Å². The lowest BCUT2D eigenvalue weighted by Gasteiger charge is -2.22. The molecule has 4 aromatic rings. The van der Waals surface area contributed by atoms with Crippen LogP contribution >= 0.6 is 11.3 Å². The smallest absolute Gasteiger partial charge is 0.284 e. The van der Waals surface area contributed by atoms with Crippen LogP contribution in [0.2, 0.25) is 0 Å². The van der Waals surface area contributed by atoms with Crippen molar-refractivity contribution in [3.05, 3.63) is 101 Å². The maximum Gasteiger partial charge on any atom is 0.284 e. The third kappa shape index (κ3) is 4.02. The number of phenolic OH excluding ortho intramolecular Hbond substituents is 1. The van der Waals surface area contributed by atoms with E-state index in [4.69, 9.17) is 5.73 Å². The molecular weight excluding hydrogens is 434 g/mol. The number of para-hydroxylation sites is 1. The molecule has 33 heavy (non-hydrogen) atoms. The van der Waals surface area contributed by atoms with Crippen LogP contribution in [0.25, 0.3) is 10.4 Å². The minimum absolute atomic E-state index is 0.125. The van der Waals surface area contributed by atoms with Gasteiger partial charge >= 0.3 is 0 Å². The largest absolute Gasteiger partial charge is 0.508 e. The van der Waals surface area contributed by atoms with Gasteiger partial charge in [-0.25, -0.2) is 5.01 Å². The van der Waals surface area contributed by atoms with E-state index in [2.05, 4.69) is 15.1 Å². The number of aromatic nitrogens is 2. The lowest BCUT2D eigenvalue weighted by molar-refractivity contribution is 0.0714. The molecule has 0 bridgehead atoms. The first-order valence-electron chi connectivity index (χ1n) is 10.5. The topological polar surface area (TPSA) is 105 Å². The fourth-order valence-corrected chi connectivity index (χ4v) is 4.96. The Kier molecular flexibility index (Phi) is 5.68. The summed E-state index contributed by atoms with van der Waals surface area (Å²) in [4.78, 5) is 23.6. The lowest BCUT2D eigenvalue weighted by Crippen LogP contribution is -2.26. The van der Waals surface area contributed by atoms with Crippen molar-refractivity contribution >= 4 is 23.0 Å². The van der Waals surface area contributed by atoms with Crippen LogP contribution in [-0.2, 0) is 6.54 Å². The van der Waals surface area contributed by atoms with Crippen molar-refractivity contribution in [1.29, 1.82) is 0 Å². The molecule has 0 saturated heterocycles. The standard InChI is InChI=1S/C25H21N5O2S/c26-14-16-5-1-2-6-17(16)23-9-10-24(33-23)25(32)30-21(18-7-3-4-8-22(18)31)13-19(29-30)20-15-27-11-12-28-20/h1-12,15,21,31H,13-14,26H2. The second kappa shape index (κ2) is 8.93. The molecular formula is C25H21N5O2S. The van der Waals surface area contributed by atoms with E-state index >= 15 is 0 Å². The third-order valence-corrected chi connectivity index (χ3v) is 6.70. The van der Waals surface area contributed by atoms with Gasteiger partial charge in [-0.05, 0) is 29.3 Å². The number of nitrogens with two attached hydrogens (primary N) is 1. The highest BCUT2D eigenvalue weighted by atomic mass is 32.1. The molecule has 5 rings (SSSR count). The Morgan fingerprint density at radius 2 is 1.91 bits per heavy atom. The van der Waals surface area contributed by atoms with Crippen LogP contribution in [-0.4, -0.2) is 31.7 Å². The molecule has 1 atom stereocenters. The number of rotatable bonds is 5. The summed E-state index contributed by atoms with van der Waals surface area (Å²) in [7, 11) is 0. The molecule has 7 nitrogen and oxygen atoms in total. The summed E-state index contributed by atoms with van der Waals surface area (Å²) >= 11 is 1.40. The third-order valence-electron chi connectivity index (χ3n) is 5.59. The predicted molar refractivity (Wildman–Crippen MR) is 128 cm³/mol. The van der Waals surface area contributed by atoms with E-state index in [1.165, 1.54) is 16.3 Å². The zero-order valence-corrected chi connectivity index (χ0v) is 18.4. The van der Waals surface area contributed by atoms with Crippen molar-refractivity contribution in [3.8, 4) is 16.2 Å². The number of hydrazone groups is 1. The highest BCUT2D eigenvalue weighted by molar-refractivity contribution is 7.17. The SMILES string of the molecule is NCc1ccccc1-c1ccc(C(=O)N2N=C(c3cnccn3)CC2c2ccccc2O)s1. The number of phenols is 1. The van der Waals surface area contributed by atoms with Gasteiger partial charge in [-0.15, -0.1) is 11.3 Å². The number of benzene rings is 2. The summed E-state index contributed by atoms with van der Waals surface area (Å²) in [5, 5.41) is 16.6. The number of carbonyl (C=O) groups excluding carboxylic acids is 1. The van der Waals surface area contributed by atoms with Gasteiger partial charge in [-0.2, -0.15) is 5.10 Å². The van der Waals surface area contributed by atoms with Crippen molar-refractivity contribution in [3.63, 3.8) is 0 Å². The van der Waals surface area contributed by atoms with Crippen LogP contribution in [0.4, 0.5) is 0 Å². The van der Waals surface area contributed by atoms with Crippen LogP contribution in [0.1, 0.15) is 39.0 Å². The minimum atomic E-state index is -0.447. The number of thiophene rings is 1. The maximum absolute atomic E-state index is 13.6. The predicted octanol–water partition coefficient (Wildman–Crippen LogP) is 4.36. The van der Waals surface area contributed by atoms with E-state index < -0.39 is 6.04 Å². The van der Waals surface area contributed by atoms with Crippen molar-refractivity contribution in [1.82, 2.24) is 15.0 Å². The molecule has 0 radical (unpaired) electrons. The summed E-state index contributed by atoms with van der Waals surface area (Å²) < 4.78 is 0. The van der Waals surface area contributed by atoms with E-state index in [0.717, 1.165) is 16.0 Å². The molecule has 0 aliphatic carbocycles. The number of carbonyl (C=O) groups is 1. The first-order valence-corrected chi connectivity index (χ1v) is 11.3. The van der Waals surface area contributed by atoms with Crippen LogP contribution in [0.15, 0.2) is 84.4 Å². The molecule has 0 spiro atoms. The molecule has 1 unspecified atom stereocenters. The van der Waals surface area contributed by atoms with Gasteiger partial charge in [-0.3, -0.25) is 14.8 Å². The average molecular weight is 456 g/mol. The summed E-state index contributed by atoms with van der Waals surface area (Å²) in [6, 6.07) is 18.2. The van der Waals surface area contributed by atoms with E-state index in [-0.39, 0.29) is 11.7 Å². The van der Waals surface area contributed by atoms with Gasteiger partial charge in [-0.1, -0.05) is 42.5 Å². The van der Waals surface area contributed by atoms with Crippen LogP contribution in [0.5, 0.6) is 5.75 Å². The summed E-state index contributed by atoms with van der Waals surface area (Å²) in [6.45, 7) is 0.421. The van der Waals surface area contributed by atoms with Crippen molar-refractivity contribution in [2.75, 3.05) is 0 Å². The molecule has 1 amide bonds. The monoisotopic (exact) mass is 455 g/mol. The van der Waals surface area contributed by atoms with Gasteiger partial charge in [0, 0.05) is 35.8 Å². The molecule has 2 aromatic carbocycles. The Morgan fingerprint density at radius 1 is 1.09 bits per heavy atom. The van der Waals surface area contributed by atoms with Gasteiger partial charge in [0.1, 0.15) is 11.4 Å². The zero-order valence-electron chi connectivity index (χ0n) is 17.6. The quantitative estimate of drug-likeness (QED) is 0.465. The average Bonchev–Trinajstić information content (AvgIpc) is 3.53. The fourth-order valence-electron chi connectivity index (χ4n) is 3.96. The molecule has 1 aliphatic rings. The first-order chi connectivity index (χ1) is 16.2. The van der Waals surface area contributed by atoms with E-state index in [9.17, 15) is 9.90 Å². The number of amides is 1. The van der Waals surface area contributed by atoms with E-state index in [1.54, 1.807) is 30.7 Å². The molecule has 3 heterocycles. The van der Waals surface area contributed by atoms with E-state index in [1.807, 2.05) is 48.5 Å². The first kappa shape index (κ1) is 21.0. The van der Waals surface area contributed by atoms with Crippen LogP contribution in [0, 0.1) is 0 Å². The highest BCUT2D eigenvalue weighted by Crippen LogP contribution is 2.39. The van der Waals surface area contributed by atoms with Gasteiger partial charge in [0.2, 0.25) is 0 Å². The van der Waals surface area contributed by atoms with Gasteiger partial charge in [0.25, 0.3) is 5.91 Å². The Morgan fingerprint density at radius 3 is 2.70 bits per heavy atom. The van der Waals surface area contributed by atoms with Crippen molar-refractivity contribution < 1.29 is 9.90 Å². The number of hydrogen-bond acceptors (Lipinski definition) is 7. The second-order valence-corrected chi connectivity index (χ2v) is 8.67. The molecule has 164 valence electrons. The van der Waals surface area contributed by atoms with Crippen molar-refractivity contribution in [2.24, 2.45) is 10.8 Å². The Labute approximate surface area is 194 Å². The molecule has 2 aromatic heterocycles. The van der Waals surface area contributed by atoms with Crippen molar-refractivity contribution in [2.45, 2.75) is 19.0 Å². The molecule has 1 aliphatic heterocycles. The van der Waals surface area contributed by atoms with Crippen LogP contribution in [0.3, 0.4) is 0 Å². The fraction of sp³-hybridized carbons (Fsp3) is 0.120. The molecule has 3 N–H and O–H groups in total. The second-order valence-electron chi connectivity index (χ2n) is 7.59. The van der Waals surface area contributed by atoms with Gasteiger partial charge in [0.15, 0.2) is 0 Å². The van der Waals surface area contributed by atoms with Crippen LogP contribution < -0.4 is 5.73 Å². The van der Waals surface area contributed by atoms with Gasteiger partial charge < -0.3 is 10.8 Å². The summed E-state index contributed by atoms with van der Waals surface area (Å²) in [6.07, 6.45) is 5.24.